The molecule has 0 saturated heterocycles. The quantitative estimate of drug-likeness (QED) is 0.396. The van der Waals surface area contributed by atoms with Crippen LogP contribution < -0.4 is 0 Å². The Morgan fingerprint density at radius 3 is 1.34 bits per heavy atom. The fourth-order valence-corrected chi connectivity index (χ4v) is 2.95. The van der Waals surface area contributed by atoms with Gasteiger partial charge in [-0.05, 0) is 33.9 Å². The second-order valence-corrected chi connectivity index (χ2v) is 6.36. The van der Waals surface area contributed by atoms with E-state index in [4.69, 9.17) is 5.11 Å². The van der Waals surface area contributed by atoms with Crippen LogP contribution in [-0.2, 0) is 4.79 Å². The Balaban J connectivity index is 0.000000188. The third-order valence-electron chi connectivity index (χ3n) is 4.31. The van der Waals surface area contributed by atoms with Gasteiger partial charge >= 0.3 is 5.97 Å². The van der Waals surface area contributed by atoms with Crippen LogP contribution in [0.3, 0.4) is 0 Å². The molecular weight excluding hydrogens is 356 g/mol. The minimum Gasteiger partial charge on any atom is -0.478 e. The van der Waals surface area contributed by atoms with E-state index in [1.165, 1.54) is 22.3 Å². The predicted molar refractivity (Wildman–Crippen MR) is 120 cm³/mol. The molecule has 2 nitrogen and oxygen atoms in total. The van der Waals surface area contributed by atoms with Gasteiger partial charge in [0.1, 0.15) is 0 Å². The van der Waals surface area contributed by atoms with E-state index in [0.717, 1.165) is 11.6 Å². The number of benzene rings is 4. The van der Waals surface area contributed by atoms with Gasteiger partial charge in [-0.1, -0.05) is 115 Å². The van der Waals surface area contributed by atoms with E-state index in [2.05, 4.69) is 84.9 Å². The topological polar surface area (TPSA) is 37.3 Å². The first-order chi connectivity index (χ1) is 14.2. The molecule has 0 spiro atoms. The van der Waals surface area contributed by atoms with E-state index in [9.17, 15) is 4.79 Å². The lowest BCUT2D eigenvalue weighted by molar-refractivity contribution is -0.131. The molecule has 0 amide bonds. The van der Waals surface area contributed by atoms with Crippen LogP contribution in [0.25, 0.3) is 28.3 Å². The molecule has 0 fully saturated rings. The zero-order chi connectivity index (χ0) is 20.3. The van der Waals surface area contributed by atoms with E-state index in [1.807, 2.05) is 30.3 Å². The molecule has 4 aromatic carbocycles. The van der Waals surface area contributed by atoms with Gasteiger partial charge in [0.05, 0.1) is 0 Å². The minimum atomic E-state index is -0.922. The first-order valence-corrected chi connectivity index (χ1v) is 9.40. The molecule has 0 heterocycles. The number of hydrogen-bond donors (Lipinski definition) is 1. The van der Waals surface area contributed by atoms with Crippen LogP contribution in [0, 0.1) is 0 Å². The molecule has 0 saturated carbocycles. The highest BCUT2D eigenvalue weighted by Crippen LogP contribution is 2.31. The van der Waals surface area contributed by atoms with Crippen molar-refractivity contribution in [3.8, 4) is 22.3 Å². The summed E-state index contributed by atoms with van der Waals surface area (Å²) in [6.07, 6.45) is 2.68. The van der Waals surface area contributed by atoms with Crippen LogP contribution in [0.1, 0.15) is 5.56 Å². The van der Waals surface area contributed by atoms with E-state index >= 15 is 0 Å². The molecule has 0 unspecified atom stereocenters. The SMILES string of the molecule is O=C(O)C=Cc1ccccc1.c1ccc(-c2ccccc2-c2ccccc2)cc1. The zero-order valence-corrected chi connectivity index (χ0v) is 16.0. The van der Waals surface area contributed by atoms with Crippen LogP contribution in [0.5, 0.6) is 0 Å². The summed E-state index contributed by atoms with van der Waals surface area (Å²) < 4.78 is 0. The number of hydrogen-bond acceptors (Lipinski definition) is 1. The standard InChI is InChI=1S/C18H14.C9H8O2/c1-3-9-15(10-4-1)17-13-7-8-14-18(17)16-11-5-2-6-12-16;10-9(11)7-6-8-4-2-1-3-5-8/h1-14H;1-7H,(H,10,11). The van der Waals surface area contributed by atoms with Crippen molar-refractivity contribution in [3.63, 3.8) is 0 Å². The normalized spacial score (nSPS) is 10.2. The molecule has 142 valence electrons. The molecule has 29 heavy (non-hydrogen) atoms. The highest BCUT2D eigenvalue weighted by molar-refractivity contribution is 5.85. The van der Waals surface area contributed by atoms with E-state index in [-0.39, 0.29) is 0 Å². The Hall–Kier alpha value is -3.91. The largest absolute Gasteiger partial charge is 0.478 e. The van der Waals surface area contributed by atoms with Gasteiger partial charge in [-0.3, -0.25) is 0 Å². The van der Waals surface area contributed by atoms with Gasteiger partial charge in [0.2, 0.25) is 0 Å². The van der Waals surface area contributed by atoms with Crippen molar-refractivity contribution in [2.75, 3.05) is 0 Å². The Morgan fingerprint density at radius 1 is 0.552 bits per heavy atom. The maximum Gasteiger partial charge on any atom is 0.328 e. The minimum absolute atomic E-state index is 0.898. The number of carboxylic acid groups (broad SMARTS) is 1. The number of rotatable bonds is 4. The third kappa shape index (κ3) is 6.05. The number of carboxylic acids is 1. The van der Waals surface area contributed by atoms with Crippen molar-refractivity contribution < 1.29 is 9.90 Å². The van der Waals surface area contributed by atoms with Crippen molar-refractivity contribution >= 4 is 12.0 Å². The molecule has 2 heteroatoms. The molecular formula is C27H22O2. The smallest absolute Gasteiger partial charge is 0.328 e. The van der Waals surface area contributed by atoms with Crippen molar-refractivity contribution in [1.29, 1.82) is 0 Å². The molecule has 0 radical (unpaired) electrons. The summed E-state index contributed by atoms with van der Waals surface area (Å²) in [5, 5.41) is 8.29. The summed E-state index contributed by atoms with van der Waals surface area (Å²) >= 11 is 0. The molecule has 4 rings (SSSR count). The molecule has 1 N–H and O–H groups in total. The van der Waals surface area contributed by atoms with Gasteiger partial charge in [-0.25, -0.2) is 4.79 Å². The average Bonchev–Trinajstić information content (AvgIpc) is 2.80. The van der Waals surface area contributed by atoms with Gasteiger partial charge in [0, 0.05) is 6.08 Å². The Bertz CT molecular complexity index is 995. The van der Waals surface area contributed by atoms with Crippen molar-refractivity contribution in [1.82, 2.24) is 0 Å². The second kappa shape index (κ2) is 10.4. The van der Waals surface area contributed by atoms with Crippen LogP contribution in [-0.4, -0.2) is 11.1 Å². The van der Waals surface area contributed by atoms with Gasteiger partial charge in [-0.15, -0.1) is 0 Å². The van der Waals surface area contributed by atoms with E-state index in [1.54, 1.807) is 6.08 Å². The first-order valence-electron chi connectivity index (χ1n) is 9.40. The predicted octanol–water partition coefficient (Wildman–Crippen LogP) is 6.81. The van der Waals surface area contributed by atoms with Crippen LogP contribution in [0.2, 0.25) is 0 Å². The first kappa shape index (κ1) is 19.8. The summed E-state index contributed by atoms with van der Waals surface area (Å²) in [6.45, 7) is 0. The Morgan fingerprint density at radius 2 is 0.931 bits per heavy atom. The summed E-state index contributed by atoms with van der Waals surface area (Å²) in [5.74, 6) is -0.922. The maximum absolute atomic E-state index is 10.1. The maximum atomic E-state index is 10.1. The van der Waals surface area contributed by atoms with Crippen molar-refractivity contribution in [2.24, 2.45) is 0 Å². The van der Waals surface area contributed by atoms with E-state index in [0.29, 0.717) is 0 Å². The van der Waals surface area contributed by atoms with Gasteiger partial charge in [0.25, 0.3) is 0 Å². The summed E-state index contributed by atoms with van der Waals surface area (Å²) in [7, 11) is 0. The lowest BCUT2D eigenvalue weighted by Gasteiger charge is -2.09. The fourth-order valence-electron chi connectivity index (χ4n) is 2.95. The highest BCUT2D eigenvalue weighted by atomic mass is 16.4. The Labute approximate surface area is 171 Å². The van der Waals surface area contributed by atoms with Gasteiger partial charge in [-0.2, -0.15) is 0 Å². The lowest BCUT2D eigenvalue weighted by Crippen LogP contribution is -1.85. The third-order valence-corrected chi connectivity index (χ3v) is 4.31. The lowest BCUT2D eigenvalue weighted by atomic mass is 9.95. The van der Waals surface area contributed by atoms with Crippen LogP contribution in [0.4, 0.5) is 0 Å². The number of aliphatic carboxylic acids is 1. The van der Waals surface area contributed by atoms with Gasteiger partial charge in [0.15, 0.2) is 0 Å². The molecule has 0 aliphatic heterocycles. The summed E-state index contributed by atoms with van der Waals surface area (Å²) in [6, 6.07) is 38.9. The fraction of sp³-hybridized carbons (Fsp3) is 0. The molecule has 0 aromatic heterocycles. The van der Waals surface area contributed by atoms with Crippen LogP contribution >= 0.6 is 0 Å². The van der Waals surface area contributed by atoms with Crippen molar-refractivity contribution in [3.05, 3.63) is 127 Å². The van der Waals surface area contributed by atoms with E-state index < -0.39 is 5.97 Å². The monoisotopic (exact) mass is 378 g/mol. The highest BCUT2D eigenvalue weighted by Gasteiger charge is 2.05. The molecule has 4 aromatic rings. The molecule has 0 bridgehead atoms. The van der Waals surface area contributed by atoms with Crippen LogP contribution in [0.15, 0.2) is 121 Å². The average molecular weight is 378 g/mol. The summed E-state index contributed by atoms with van der Waals surface area (Å²) in [5.41, 5.74) is 5.98. The molecule has 0 aliphatic rings. The number of carbonyl (C=O) groups is 1. The Kier molecular flexibility index (Phi) is 7.14. The molecule has 0 aliphatic carbocycles. The van der Waals surface area contributed by atoms with Gasteiger partial charge < -0.3 is 5.11 Å². The second-order valence-electron chi connectivity index (χ2n) is 6.36. The summed E-state index contributed by atoms with van der Waals surface area (Å²) in [4.78, 5) is 10.1. The zero-order valence-electron chi connectivity index (χ0n) is 16.0. The molecule has 0 atom stereocenters. The van der Waals surface area contributed by atoms with Crippen molar-refractivity contribution in [2.45, 2.75) is 0 Å².